The Labute approximate surface area is 100 Å². The molecule has 1 aromatic rings. The third-order valence-electron chi connectivity index (χ3n) is 2.93. The lowest BCUT2D eigenvalue weighted by atomic mass is 10.1. The van der Waals surface area contributed by atoms with Crippen LogP contribution in [0.2, 0.25) is 0 Å². The lowest BCUT2D eigenvalue weighted by Gasteiger charge is -2.27. The number of ether oxygens (including phenoxy) is 1. The summed E-state index contributed by atoms with van der Waals surface area (Å²) in [5.74, 6) is 0.221. The predicted molar refractivity (Wildman–Crippen MR) is 63.6 cm³/mol. The second kappa shape index (κ2) is 5.18. The number of rotatable bonds is 3. The van der Waals surface area contributed by atoms with Gasteiger partial charge >= 0.3 is 0 Å². The monoisotopic (exact) mass is 238 g/mol. The van der Waals surface area contributed by atoms with Crippen LogP contribution in [0.1, 0.15) is 29.8 Å². The number of aromatic nitrogens is 2. The SMILES string of the molecule is CN(CC1CCCCO1)C(=O)c1cc(N)n[nH]1. The van der Waals surface area contributed by atoms with E-state index in [0.717, 1.165) is 19.4 Å². The third kappa shape index (κ3) is 2.97. The molecule has 0 saturated carbocycles. The van der Waals surface area contributed by atoms with Crippen LogP contribution in [0.3, 0.4) is 0 Å². The first kappa shape index (κ1) is 11.9. The number of H-pyrrole nitrogens is 1. The first-order valence-corrected chi connectivity index (χ1v) is 5.85. The van der Waals surface area contributed by atoms with Crippen molar-refractivity contribution in [3.05, 3.63) is 11.8 Å². The summed E-state index contributed by atoms with van der Waals surface area (Å²) in [6.07, 6.45) is 3.45. The molecule has 6 heteroatoms. The van der Waals surface area contributed by atoms with Crippen molar-refractivity contribution >= 4 is 11.7 Å². The van der Waals surface area contributed by atoms with Crippen LogP contribution in [0.25, 0.3) is 0 Å². The standard InChI is InChI=1S/C11H18N4O2/c1-15(7-8-4-2-3-5-17-8)11(16)9-6-10(12)14-13-9/h6,8H,2-5,7H2,1H3,(H3,12,13,14). The highest BCUT2D eigenvalue weighted by atomic mass is 16.5. The van der Waals surface area contributed by atoms with Gasteiger partial charge in [0.1, 0.15) is 11.5 Å². The fourth-order valence-corrected chi connectivity index (χ4v) is 1.99. The zero-order valence-corrected chi connectivity index (χ0v) is 9.98. The van der Waals surface area contributed by atoms with Crippen LogP contribution in [0.15, 0.2) is 6.07 Å². The minimum Gasteiger partial charge on any atom is -0.382 e. The zero-order valence-electron chi connectivity index (χ0n) is 9.98. The third-order valence-corrected chi connectivity index (χ3v) is 2.93. The number of carbonyl (C=O) groups is 1. The molecule has 3 N–H and O–H groups in total. The molecule has 17 heavy (non-hydrogen) atoms. The maximum Gasteiger partial charge on any atom is 0.271 e. The van der Waals surface area contributed by atoms with Gasteiger partial charge in [0, 0.05) is 26.3 Å². The molecule has 2 heterocycles. The fourth-order valence-electron chi connectivity index (χ4n) is 1.99. The molecule has 6 nitrogen and oxygen atoms in total. The number of carbonyl (C=O) groups excluding carboxylic acids is 1. The van der Waals surface area contributed by atoms with Crippen LogP contribution in [-0.2, 0) is 4.74 Å². The number of hydrogen-bond donors (Lipinski definition) is 2. The van der Waals surface area contributed by atoms with Gasteiger partial charge in [-0.05, 0) is 19.3 Å². The quantitative estimate of drug-likeness (QED) is 0.809. The summed E-state index contributed by atoms with van der Waals surface area (Å²) < 4.78 is 5.60. The van der Waals surface area contributed by atoms with Gasteiger partial charge in [0.15, 0.2) is 0 Å². The average Bonchev–Trinajstić information content (AvgIpc) is 2.76. The maximum absolute atomic E-state index is 12.0. The van der Waals surface area contributed by atoms with Gasteiger partial charge in [-0.15, -0.1) is 0 Å². The second-order valence-corrected chi connectivity index (χ2v) is 4.38. The summed E-state index contributed by atoms with van der Waals surface area (Å²) in [4.78, 5) is 13.6. The van der Waals surface area contributed by atoms with E-state index in [-0.39, 0.29) is 12.0 Å². The Bertz CT molecular complexity index is 385. The molecular formula is C11H18N4O2. The van der Waals surface area contributed by atoms with E-state index in [1.54, 1.807) is 18.0 Å². The number of aromatic amines is 1. The molecule has 0 aromatic carbocycles. The molecule has 1 aromatic heterocycles. The average molecular weight is 238 g/mol. The van der Waals surface area contributed by atoms with Crippen molar-refractivity contribution in [2.45, 2.75) is 25.4 Å². The van der Waals surface area contributed by atoms with Gasteiger partial charge in [-0.1, -0.05) is 0 Å². The molecule has 0 aliphatic carbocycles. The number of hydrogen-bond acceptors (Lipinski definition) is 4. The van der Waals surface area contributed by atoms with Crippen LogP contribution < -0.4 is 5.73 Å². The van der Waals surface area contributed by atoms with Crippen molar-refractivity contribution in [1.29, 1.82) is 0 Å². The fraction of sp³-hybridized carbons (Fsp3) is 0.636. The molecule has 1 unspecified atom stereocenters. The highest BCUT2D eigenvalue weighted by Crippen LogP contribution is 2.14. The normalized spacial score (nSPS) is 20.2. The number of anilines is 1. The lowest BCUT2D eigenvalue weighted by Crippen LogP contribution is -2.37. The number of nitrogens with two attached hydrogens (primary N) is 1. The Morgan fingerprint density at radius 2 is 2.53 bits per heavy atom. The molecule has 0 spiro atoms. The largest absolute Gasteiger partial charge is 0.382 e. The highest BCUT2D eigenvalue weighted by Gasteiger charge is 2.20. The van der Waals surface area contributed by atoms with Crippen LogP contribution in [0.4, 0.5) is 5.82 Å². The highest BCUT2D eigenvalue weighted by molar-refractivity contribution is 5.92. The Balaban J connectivity index is 1.90. The molecule has 1 aliphatic rings. The molecule has 1 fully saturated rings. The van der Waals surface area contributed by atoms with Gasteiger partial charge in [-0.2, -0.15) is 5.10 Å². The van der Waals surface area contributed by atoms with Gasteiger partial charge in [0.25, 0.3) is 5.91 Å². The van der Waals surface area contributed by atoms with E-state index in [1.165, 1.54) is 6.42 Å². The maximum atomic E-state index is 12.0. The van der Waals surface area contributed by atoms with Crippen molar-refractivity contribution in [2.75, 3.05) is 25.9 Å². The number of amides is 1. The van der Waals surface area contributed by atoms with Crippen molar-refractivity contribution < 1.29 is 9.53 Å². The Morgan fingerprint density at radius 3 is 3.12 bits per heavy atom. The van der Waals surface area contributed by atoms with Crippen LogP contribution in [0, 0.1) is 0 Å². The summed E-state index contributed by atoms with van der Waals surface area (Å²) in [5, 5.41) is 6.36. The molecule has 1 saturated heterocycles. The number of nitrogens with one attached hydrogen (secondary N) is 1. The lowest BCUT2D eigenvalue weighted by molar-refractivity contribution is -0.000290. The first-order chi connectivity index (χ1) is 8.16. The first-order valence-electron chi connectivity index (χ1n) is 5.85. The topological polar surface area (TPSA) is 84.2 Å². The van der Waals surface area contributed by atoms with Crippen molar-refractivity contribution in [1.82, 2.24) is 15.1 Å². The molecular weight excluding hydrogens is 220 g/mol. The van der Waals surface area contributed by atoms with Crippen molar-refractivity contribution in [3.63, 3.8) is 0 Å². The molecule has 1 amide bonds. The van der Waals surface area contributed by atoms with E-state index >= 15 is 0 Å². The summed E-state index contributed by atoms with van der Waals surface area (Å²) in [7, 11) is 1.76. The van der Waals surface area contributed by atoms with E-state index in [9.17, 15) is 4.79 Å². The molecule has 0 bridgehead atoms. The Kier molecular flexibility index (Phi) is 3.63. The van der Waals surface area contributed by atoms with E-state index in [2.05, 4.69) is 10.2 Å². The smallest absolute Gasteiger partial charge is 0.271 e. The minimum absolute atomic E-state index is 0.108. The minimum atomic E-state index is -0.108. The zero-order chi connectivity index (χ0) is 12.3. The Morgan fingerprint density at radius 1 is 1.71 bits per heavy atom. The summed E-state index contributed by atoms with van der Waals surface area (Å²) in [5.41, 5.74) is 5.88. The van der Waals surface area contributed by atoms with E-state index < -0.39 is 0 Å². The van der Waals surface area contributed by atoms with Gasteiger partial charge in [0.05, 0.1) is 6.10 Å². The van der Waals surface area contributed by atoms with Gasteiger partial charge in [-0.25, -0.2) is 0 Å². The van der Waals surface area contributed by atoms with E-state index in [0.29, 0.717) is 18.1 Å². The number of nitrogen functional groups attached to an aromatic ring is 1. The van der Waals surface area contributed by atoms with Crippen LogP contribution in [0.5, 0.6) is 0 Å². The van der Waals surface area contributed by atoms with Gasteiger partial charge < -0.3 is 15.4 Å². The molecule has 0 radical (unpaired) electrons. The van der Waals surface area contributed by atoms with E-state index in [1.807, 2.05) is 0 Å². The van der Waals surface area contributed by atoms with Gasteiger partial charge in [0.2, 0.25) is 0 Å². The van der Waals surface area contributed by atoms with Gasteiger partial charge in [-0.3, -0.25) is 9.89 Å². The van der Waals surface area contributed by atoms with Crippen molar-refractivity contribution in [2.24, 2.45) is 0 Å². The number of likely N-dealkylation sites (N-methyl/N-ethyl adjacent to an activating group) is 1. The van der Waals surface area contributed by atoms with Crippen LogP contribution >= 0.6 is 0 Å². The molecule has 2 rings (SSSR count). The predicted octanol–water partition coefficient (Wildman–Crippen LogP) is 0.633. The molecule has 1 aliphatic heterocycles. The molecule has 1 atom stereocenters. The van der Waals surface area contributed by atoms with Crippen molar-refractivity contribution in [3.8, 4) is 0 Å². The Hall–Kier alpha value is -1.56. The summed E-state index contributed by atoms with van der Waals surface area (Å²) >= 11 is 0. The molecule has 94 valence electrons. The number of nitrogens with zero attached hydrogens (tertiary/aromatic N) is 2. The summed E-state index contributed by atoms with van der Waals surface area (Å²) in [6.45, 7) is 1.40. The van der Waals surface area contributed by atoms with Crippen LogP contribution in [-0.4, -0.2) is 47.3 Å². The second-order valence-electron chi connectivity index (χ2n) is 4.38. The van der Waals surface area contributed by atoms with E-state index in [4.69, 9.17) is 10.5 Å². The summed E-state index contributed by atoms with van der Waals surface area (Å²) in [6, 6.07) is 1.54.